The minimum Gasteiger partial charge on any atom is -0.391 e. The molecule has 0 unspecified atom stereocenters. The van der Waals surface area contributed by atoms with Crippen molar-refractivity contribution in [3.63, 3.8) is 0 Å². The highest BCUT2D eigenvalue weighted by atomic mass is 16.6. The average molecular weight is 253 g/mol. The van der Waals surface area contributed by atoms with E-state index in [9.17, 15) is 0 Å². The molecule has 0 spiro atoms. The van der Waals surface area contributed by atoms with Gasteiger partial charge in [-0.3, -0.25) is 9.80 Å². The second kappa shape index (κ2) is 5.57. The fourth-order valence-electron chi connectivity index (χ4n) is 3.11. The summed E-state index contributed by atoms with van der Waals surface area (Å²) in [5, 5.41) is 4.15. The van der Waals surface area contributed by atoms with Crippen molar-refractivity contribution in [3.05, 3.63) is 0 Å². The van der Waals surface area contributed by atoms with Crippen LogP contribution in [0.3, 0.4) is 0 Å². The second-order valence-corrected chi connectivity index (χ2v) is 6.07. The second-order valence-electron chi connectivity index (χ2n) is 6.07. The largest absolute Gasteiger partial charge is 0.391 e. The third kappa shape index (κ3) is 3.04. The van der Waals surface area contributed by atoms with Crippen LogP contribution in [-0.2, 0) is 4.84 Å². The van der Waals surface area contributed by atoms with Gasteiger partial charge in [0, 0.05) is 38.1 Å². The van der Waals surface area contributed by atoms with Gasteiger partial charge in [0.1, 0.15) is 6.10 Å². The van der Waals surface area contributed by atoms with Crippen LogP contribution in [0.1, 0.15) is 40.5 Å². The summed E-state index contributed by atoms with van der Waals surface area (Å²) in [6.45, 7) is 14.7. The Morgan fingerprint density at radius 1 is 1.33 bits per heavy atom. The SMILES string of the molecule is CCC1=NO[C@@H](CN2CCN(CC)C(C)(C)C2)C1. The van der Waals surface area contributed by atoms with Gasteiger partial charge in [0.15, 0.2) is 0 Å². The molecule has 2 heterocycles. The summed E-state index contributed by atoms with van der Waals surface area (Å²) in [6.07, 6.45) is 2.32. The van der Waals surface area contributed by atoms with E-state index in [0.717, 1.165) is 45.6 Å². The van der Waals surface area contributed by atoms with Gasteiger partial charge in [-0.1, -0.05) is 19.0 Å². The first-order chi connectivity index (χ1) is 8.55. The molecule has 0 aromatic heterocycles. The molecule has 0 aromatic carbocycles. The monoisotopic (exact) mass is 253 g/mol. The van der Waals surface area contributed by atoms with Crippen LogP contribution in [0.2, 0.25) is 0 Å². The first kappa shape index (κ1) is 13.8. The number of rotatable bonds is 4. The Morgan fingerprint density at radius 2 is 2.11 bits per heavy atom. The van der Waals surface area contributed by atoms with E-state index in [4.69, 9.17) is 4.84 Å². The molecule has 1 saturated heterocycles. The van der Waals surface area contributed by atoms with Crippen LogP contribution in [0.25, 0.3) is 0 Å². The van der Waals surface area contributed by atoms with Crippen molar-refractivity contribution in [3.8, 4) is 0 Å². The van der Waals surface area contributed by atoms with E-state index < -0.39 is 0 Å². The number of hydrogen-bond acceptors (Lipinski definition) is 4. The van der Waals surface area contributed by atoms with Crippen molar-refractivity contribution in [1.29, 1.82) is 0 Å². The molecule has 0 radical (unpaired) electrons. The summed E-state index contributed by atoms with van der Waals surface area (Å²) in [5.41, 5.74) is 1.49. The van der Waals surface area contributed by atoms with Crippen LogP contribution in [-0.4, -0.2) is 59.9 Å². The summed E-state index contributed by atoms with van der Waals surface area (Å²) in [6, 6.07) is 0. The quantitative estimate of drug-likeness (QED) is 0.766. The molecule has 0 aromatic rings. The van der Waals surface area contributed by atoms with E-state index in [1.165, 1.54) is 5.71 Å². The van der Waals surface area contributed by atoms with Crippen molar-refractivity contribution in [2.45, 2.75) is 52.2 Å². The lowest BCUT2D eigenvalue weighted by Gasteiger charge is -2.47. The predicted molar refractivity (Wildman–Crippen MR) is 75.0 cm³/mol. The van der Waals surface area contributed by atoms with Gasteiger partial charge in [0.2, 0.25) is 0 Å². The smallest absolute Gasteiger partial charge is 0.145 e. The van der Waals surface area contributed by atoms with Crippen LogP contribution in [0.4, 0.5) is 0 Å². The van der Waals surface area contributed by atoms with Crippen LogP contribution in [0.5, 0.6) is 0 Å². The lowest BCUT2D eigenvalue weighted by Crippen LogP contribution is -2.59. The summed E-state index contributed by atoms with van der Waals surface area (Å²) >= 11 is 0. The van der Waals surface area contributed by atoms with Crippen molar-refractivity contribution in [2.24, 2.45) is 5.16 Å². The fourth-order valence-corrected chi connectivity index (χ4v) is 3.11. The topological polar surface area (TPSA) is 28.1 Å². The van der Waals surface area contributed by atoms with Gasteiger partial charge >= 0.3 is 0 Å². The Balaban J connectivity index is 1.82. The van der Waals surface area contributed by atoms with E-state index in [2.05, 4.69) is 42.7 Å². The molecule has 2 aliphatic rings. The Morgan fingerprint density at radius 3 is 2.67 bits per heavy atom. The summed E-state index contributed by atoms with van der Waals surface area (Å²) < 4.78 is 0. The maximum absolute atomic E-state index is 5.51. The molecular weight excluding hydrogens is 226 g/mol. The van der Waals surface area contributed by atoms with Crippen molar-refractivity contribution in [1.82, 2.24) is 9.80 Å². The lowest BCUT2D eigenvalue weighted by atomic mass is 9.98. The van der Waals surface area contributed by atoms with Gasteiger partial charge in [-0.15, -0.1) is 0 Å². The van der Waals surface area contributed by atoms with Gasteiger partial charge < -0.3 is 4.84 Å². The van der Waals surface area contributed by atoms with Gasteiger partial charge in [-0.2, -0.15) is 0 Å². The Kier molecular flexibility index (Phi) is 4.28. The third-order valence-corrected chi connectivity index (χ3v) is 4.20. The van der Waals surface area contributed by atoms with Gasteiger partial charge in [-0.25, -0.2) is 0 Å². The van der Waals surface area contributed by atoms with E-state index in [1.807, 2.05) is 0 Å². The van der Waals surface area contributed by atoms with E-state index in [-0.39, 0.29) is 11.6 Å². The maximum Gasteiger partial charge on any atom is 0.145 e. The molecule has 4 nitrogen and oxygen atoms in total. The van der Waals surface area contributed by atoms with Crippen LogP contribution in [0.15, 0.2) is 5.16 Å². The zero-order valence-corrected chi connectivity index (χ0v) is 12.3. The molecule has 0 N–H and O–H groups in total. The molecule has 0 saturated carbocycles. The minimum absolute atomic E-state index is 0.278. The predicted octanol–water partition coefficient (Wildman–Crippen LogP) is 1.96. The lowest BCUT2D eigenvalue weighted by molar-refractivity contribution is -0.00962. The fraction of sp³-hybridized carbons (Fsp3) is 0.929. The van der Waals surface area contributed by atoms with Gasteiger partial charge in [-0.05, 0) is 26.8 Å². The minimum atomic E-state index is 0.278. The molecule has 18 heavy (non-hydrogen) atoms. The number of nitrogens with zero attached hydrogens (tertiary/aromatic N) is 3. The Hall–Kier alpha value is -0.610. The summed E-state index contributed by atoms with van der Waals surface area (Å²) in [4.78, 5) is 10.6. The Labute approximate surface area is 111 Å². The first-order valence-electron chi connectivity index (χ1n) is 7.24. The number of oxime groups is 1. The molecule has 2 aliphatic heterocycles. The molecule has 0 amide bonds. The van der Waals surface area contributed by atoms with Crippen molar-refractivity contribution < 1.29 is 4.84 Å². The van der Waals surface area contributed by atoms with E-state index in [1.54, 1.807) is 0 Å². The van der Waals surface area contributed by atoms with Gasteiger partial charge in [0.05, 0.1) is 5.71 Å². The van der Waals surface area contributed by atoms with E-state index in [0.29, 0.717) is 0 Å². The Bertz CT molecular complexity index is 314. The average Bonchev–Trinajstić information content (AvgIpc) is 2.76. The molecule has 0 bridgehead atoms. The molecule has 2 rings (SSSR count). The summed E-state index contributed by atoms with van der Waals surface area (Å²) in [7, 11) is 0. The van der Waals surface area contributed by atoms with Crippen LogP contribution >= 0.6 is 0 Å². The molecule has 1 atom stereocenters. The molecular formula is C14H27N3O. The highest BCUT2D eigenvalue weighted by Crippen LogP contribution is 2.22. The number of piperazine rings is 1. The maximum atomic E-state index is 5.51. The van der Waals surface area contributed by atoms with Crippen LogP contribution < -0.4 is 0 Å². The highest BCUT2D eigenvalue weighted by molar-refractivity contribution is 5.85. The van der Waals surface area contributed by atoms with Crippen LogP contribution in [0, 0.1) is 0 Å². The first-order valence-corrected chi connectivity index (χ1v) is 7.24. The third-order valence-electron chi connectivity index (χ3n) is 4.20. The zero-order valence-electron chi connectivity index (χ0n) is 12.3. The van der Waals surface area contributed by atoms with Crippen molar-refractivity contribution in [2.75, 3.05) is 32.7 Å². The molecule has 0 aliphatic carbocycles. The highest BCUT2D eigenvalue weighted by Gasteiger charge is 2.34. The van der Waals surface area contributed by atoms with Gasteiger partial charge in [0.25, 0.3) is 0 Å². The normalized spacial score (nSPS) is 29.1. The molecule has 4 heteroatoms. The zero-order chi connectivity index (χ0) is 13.2. The molecule has 1 fully saturated rings. The summed E-state index contributed by atoms with van der Waals surface area (Å²) in [5.74, 6) is 0. The number of likely N-dealkylation sites (N-methyl/N-ethyl adjacent to an activating group) is 1. The standard InChI is InChI=1S/C14H27N3O/c1-5-12-9-13(18-15-12)10-16-7-8-17(6-2)14(3,4)11-16/h13H,5-11H2,1-4H3/t13-/m1/s1. The number of hydrogen-bond donors (Lipinski definition) is 0. The van der Waals surface area contributed by atoms with E-state index >= 15 is 0 Å². The van der Waals surface area contributed by atoms with Crippen molar-refractivity contribution >= 4 is 5.71 Å². The molecule has 104 valence electrons.